The molecule has 0 radical (unpaired) electrons. The van der Waals surface area contributed by atoms with E-state index in [4.69, 9.17) is 0 Å². The molecular formula is C9H12N2O. The maximum Gasteiger partial charge on any atom is 0.109 e. The Morgan fingerprint density at radius 3 is 3.25 bits per heavy atom. The number of hydrogen-bond donors (Lipinski definition) is 1. The molecule has 0 amide bonds. The Bertz CT molecular complexity index is 278. The molecule has 1 atom stereocenters. The van der Waals surface area contributed by atoms with Gasteiger partial charge in [0.05, 0.1) is 0 Å². The van der Waals surface area contributed by atoms with E-state index in [1.807, 2.05) is 6.08 Å². The average molecular weight is 164 g/mol. The van der Waals surface area contributed by atoms with Crippen molar-refractivity contribution < 1.29 is 0 Å². The summed E-state index contributed by atoms with van der Waals surface area (Å²) in [4.78, 5) is 10.5. The van der Waals surface area contributed by atoms with E-state index in [1.165, 1.54) is 5.70 Å². The number of rotatable bonds is 1. The van der Waals surface area contributed by atoms with Crippen molar-refractivity contribution in [2.45, 2.75) is 19.8 Å². The van der Waals surface area contributed by atoms with Crippen molar-refractivity contribution >= 4 is 0 Å². The first-order chi connectivity index (χ1) is 5.81. The van der Waals surface area contributed by atoms with Crippen molar-refractivity contribution in [3.63, 3.8) is 0 Å². The highest BCUT2D eigenvalue weighted by Crippen LogP contribution is 2.32. The van der Waals surface area contributed by atoms with E-state index in [-0.39, 0.29) is 0 Å². The summed E-state index contributed by atoms with van der Waals surface area (Å²) < 4.78 is 0. The Morgan fingerprint density at radius 1 is 1.67 bits per heavy atom. The van der Waals surface area contributed by atoms with Crippen molar-refractivity contribution in [1.82, 2.24) is 5.32 Å². The highest BCUT2D eigenvalue weighted by Gasteiger charge is 2.23. The second-order valence-corrected chi connectivity index (χ2v) is 3.46. The van der Waals surface area contributed by atoms with Crippen LogP contribution >= 0.6 is 0 Å². The molecule has 1 heterocycles. The van der Waals surface area contributed by atoms with Crippen LogP contribution in [0.15, 0.2) is 28.2 Å². The van der Waals surface area contributed by atoms with E-state index in [2.05, 4.69) is 17.4 Å². The predicted octanol–water partition coefficient (Wildman–Crippen LogP) is 1.92. The van der Waals surface area contributed by atoms with E-state index in [1.54, 1.807) is 0 Å². The molecule has 0 bridgehead atoms. The molecule has 1 aliphatic carbocycles. The first-order valence-electron chi connectivity index (χ1n) is 4.32. The molecule has 1 N–H and O–H groups in total. The Kier molecular flexibility index (Phi) is 1.71. The Labute approximate surface area is 71.5 Å². The Hall–Kier alpha value is -1.12. The summed E-state index contributed by atoms with van der Waals surface area (Å²) in [6.07, 6.45) is 3.97. The molecule has 0 saturated carbocycles. The molecule has 12 heavy (non-hydrogen) atoms. The minimum absolute atomic E-state index is 0.446. The van der Waals surface area contributed by atoms with Crippen LogP contribution in [0.2, 0.25) is 0 Å². The van der Waals surface area contributed by atoms with Gasteiger partial charge in [-0.1, -0.05) is 13.0 Å². The van der Waals surface area contributed by atoms with Crippen LogP contribution < -0.4 is 5.32 Å². The fraction of sp³-hybridized carbons (Fsp3) is 0.556. The fourth-order valence-electron chi connectivity index (χ4n) is 1.91. The lowest BCUT2D eigenvalue weighted by Crippen LogP contribution is -2.12. The van der Waals surface area contributed by atoms with Crippen LogP contribution in [0.5, 0.6) is 0 Å². The van der Waals surface area contributed by atoms with Crippen LogP contribution in [0.4, 0.5) is 0 Å². The molecule has 0 aromatic carbocycles. The maximum atomic E-state index is 10.5. The SMILES string of the molecule is CC1C=C(N=O)C2=C(C1)NCC2. The molecule has 0 aromatic heterocycles. The topological polar surface area (TPSA) is 41.5 Å². The average Bonchev–Trinajstić information content (AvgIpc) is 2.50. The first kappa shape index (κ1) is 7.53. The van der Waals surface area contributed by atoms with Crippen LogP contribution in [-0.4, -0.2) is 6.54 Å². The van der Waals surface area contributed by atoms with Crippen molar-refractivity contribution in [3.05, 3.63) is 28.0 Å². The smallest absolute Gasteiger partial charge is 0.109 e. The van der Waals surface area contributed by atoms with Crippen LogP contribution in [0, 0.1) is 10.8 Å². The monoisotopic (exact) mass is 164 g/mol. The quantitative estimate of drug-likeness (QED) is 0.601. The molecule has 1 aliphatic heterocycles. The van der Waals surface area contributed by atoms with Gasteiger partial charge in [0.1, 0.15) is 5.70 Å². The van der Waals surface area contributed by atoms with Crippen LogP contribution in [0.1, 0.15) is 19.8 Å². The van der Waals surface area contributed by atoms with E-state index in [9.17, 15) is 4.91 Å². The summed E-state index contributed by atoms with van der Waals surface area (Å²) >= 11 is 0. The number of nitrogens with zero attached hydrogens (tertiary/aromatic N) is 1. The number of allylic oxidation sites excluding steroid dienone is 3. The third-order valence-electron chi connectivity index (χ3n) is 2.45. The molecule has 64 valence electrons. The van der Waals surface area contributed by atoms with Gasteiger partial charge < -0.3 is 5.32 Å². The fourth-order valence-corrected chi connectivity index (χ4v) is 1.91. The minimum atomic E-state index is 0.446. The van der Waals surface area contributed by atoms with Crippen molar-refractivity contribution in [3.8, 4) is 0 Å². The van der Waals surface area contributed by atoms with Gasteiger partial charge in [-0.15, -0.1) is 4.91 Å². The Balaban J connectivity index is 2.35. The van der Waals surface area contributed by atoms with Gasteiger partial charge in [0, 0.05) is 17.8 Å². The summed E-state index contributed by atoms with van der Waals surface area (Å²) in [7, 11) is 0. The molecule has 0 saturated heterocycles. The normalized spacial score (nSPS) is 27.8. The minimum Gasteiger partial charge on any atom is -0.388 e. The zero-order valence-corrected chi connectivity index (χ0v) is 7.13. The number of nitroso groups, excluding NO2 is 1. The van der Waals surface area contributed by atoms with E-state index in [0.29, 0.717) is 11.6 Å². The zero-order valence-electron chi connectivity index (χ0n) is 7.13. The van der Waals surface area contributed by atoms with Gasteiger partial charge in [0.2, 0.25) is 0 Å². The largest absolute Gasteiger partial charge is 0.388 e. The van der Waals surface area contributed by atoms with Crippen molar-refractivity contribution in [1.29, 1.82) is 0 Å². The summed E-state index contributed by atoms with van der Waals surface area (Å²) in [6, 6.07) is 0. The van der Waals surface area contributed by atoms with Crippen molar-refractivity contribution in [2.75, 3.05) is 6.54 Å². The maximum absolute atomic E-state index is 10.5. The van der Waals surface area contributed by atoms with Gasteiger partial charge in [0.15, 0.2) is 0 Å². The summed E-state index contributed by atoms with van der Waals surface area (Å²) in [5.41, 5.74) is 3.04. The molecule has 1 unspecified atom stereocenters. The van der Waals surface area contributed by atoms with Gasteiger partial charge in [-0.25, -0.2) is 0 Å². The number of hydrogen-bond acceptors (Lipinski definition) is 3. The van der Waals surface area contributed by atoms with E-state index >= 15 is 0 Å². The molecular weight excluding hydrogens is 152 g/mol. The van der Waals surface area contributed by atoms with Crippen LogP contribution in [0.3, 0.4) is 0 Å². The predicted molar refractivity (Wildman–Crippen MR) is 47.3 cm³/mol. The zero-order chi connectivity index (χ0) is 8.55. The molecule has 2 rings (SSSR count). The second kappa shape index (κ2) is 2.73. The van der Waals surface area contributed by atoms with Gasteiger partial charge in [-0.05, 0) is 23.9 Å². The highest BCUT2D eigenvalue weighted by atomic mass is 16.3. The summed E-state index contributed by atoms with van der Waals surface area (Å²) in [6.45, 7) is 3.07. The third-order valence-corrected chi connectivity index (χ3v) is 2.45. The van der Waals surface area contributed by atoms with Crippen LogP contribution in [0.25, 0.3) is 0 Å². The third kappa shape index (κ3) is 1.05. The van der Waals surface area contributed by atoms with Crippen LogP contribution in [-0.2, 0) is 0 Å². The second-order valence-electron chi connectivity index (χ2n) is 3.46. The standard InChI is InChI=1S/C9H12N2O/c1-6-4-8-7(2-3-10-8)9(5-6)11-12/h5-6,10H,2-4H2,1H3. The lowest BCUT2D eigenvalue weighted by atomic mass is 9.93. The van der Waals surface area contributed by atoms with Gasteiger partial charge in [-0.3, -0.25) is 0 Å². The number of nitrogens with one attached hydrogen (secondary N) is 1. The van der Waals surface area contributed by atoms with Gasteiger partial charge >= 0.3 is 0 Å². The molecule has 2 aliphatic rings. The summed E-state index contributed by atoms with van der Waals surface area (Å²) in [5, 5.41) is 6.35. The highest BCUT2D eigenvalue weighted by molar-refractivity contribution is 5.40. The lowest BCUT2D eigenvalue weighted by Gasteiger charge is -2.16. The Morgan fingerprint density at radius 2 is 2.50 bits per heavy atom. The molecule has 0 spiro atoms. The van der Waals surface area contributed by atoms with Gasteiger partial charge in [-0.2, -0.15) is 0 Å². The lowest BCUT2D eigenvalue weighted by molar-refractivity contribution is 0.663. The molecule has 3 nitrogen and oxygen atoms in total. The van der Waals surface area contributed by atoms with E-state index < -0.39 is 0 Å². The first-order valence-corrected chi connectivity index (χ1v) is 4.32. The van der Waals surface area contributed by atoms with Crippen molar-refractivity contribution in [2.24, 2.45) is 11.1 Å². The van der Waals surface area contributed by atoms with Gasteiger partial charge in [0.25, 0.3) is 0 Å². The summed E-state index contributed by atoms with van der Waals surface area (Å²) in [5.74, 6) is 0.446. The molecule has 3 heteroatoms. The van der Waals surface area contributed by atoms with E-state index in [0.717, 1.165) is 25.0 Å². The molecule has 0 aromatic rings. The molecule has 0 fully saturated rings.